The first kappa shape index (κ1) is 17.7. The summed E-state index contributed by atoms with van der Waals surface area (Å²) >= 11 is 0. The lowest BCUT2D eigenvalue weighted by Crippen LogP contribution is -2.40. The van der Waals surface area contributed by atoms with Crippen molar-refractivity contribution in [2.45, 2.75) is 38.5 Å². The zero-order valence-corrected chi connectivity index (χ0v) is 13.9. The van der Waals surface area contributed by atoms with Gasteiger partial charge in [0, 0.05) is 25.6 Å². The quantitative estimate of drug-likeness (QED) is 0.865. The SMILES string of the molecule is CN(Cc1ccc(C#CCCO)cc1)S(=O)(=O)C(C)(C)C. The predicted molar refractivity (Wildman–Crippen MR) is 85.2 cm³/mol. The molecule has 0 aliphatic heterocycles. The number of benzene rings is 1. The summed E-state index contributed by atoms with van der Waals surface area (Å²) in [5, 5.41) is 8.66. The molecule has 4 nitrogen and oxygen atoms in total. The van der Waals surface area contributed by atoms with E-state index in [1.54, 1.807) is 27.8 Å². The zero-order chi connectivity index (χ0) is 16.1. The molecule has 0 bridgehead atoms. The Kier molecular flexibility index (Phi) is 5.97. The van der Waals surface area contributed by atoms with Gasteiger partial charge in [-0.25, -0.2) is 12.7 Å². The van der Waals surface area contributed by atoms with Crippen molar-refractivity contribution in [3.8, 4) is 11.8 Å². The van der Waals surface area contributed by atoms with Crippen molar-refractivity contribution in [2.75, 3.05) is 13.7 Å². The minimum absolute atomic E-state index is 0.0561. The van der Waals surface area contributed by atoms with Gasteiger partial charge in [-0.05, 0) is 38.5 Å². The summed E-state index contributed by atoms with van der Waals surface area (Å²) in [5.74, 6) is 5.79. The van der Waals surface area contributed by atoms with Gasteiger partial charge in [0.25, 0.3) is 0 Å². The third-order valence-corrected chi connectivity index (χ3v) is 5.51. The van der Waals surface area contributed by atoms with E-state index in [0.29, 0.717) is 13.0 Å². The molecule has 0 spiro atoms. The number of aliphatic hydroxyl groups is 1. The Bertz CT molecular complexity index is 616. The second-order valence-electron chi connectivity index (χ2n) is 5.85. The third-order valence-electron chi connectivity index (χ3n) is 3.01. The Balaban J connectivity index is 2.80. The van der Waals surface area contributed by atoms with Crippen LogP contribution in [-0.4, -0.2) is 36.2 Å². The van der Waals surface area contributed by atoms with Gasteiger partial charge >= 0.3 is 0 Å². The van der Waals surface area contributed by atoms with E-state index in [4.69, 9.17) is 5.11 Å². The lowest BCUT2D eigenvalue weighted by atomic mass is 10.1. The maximum absolute atomic E-state index is 12.3. The largest absolute Gasteiger partial charge is 0.395 e. The van der Waals surface area contributed by atoms with Gasteiger partial charge in [-0.1, -0.05) is 24.0 Å². The van der Waals surface area contributed by atoms with E-state index in [1.165, 1.54) is 4.31 Å². The summed E-state index contributed by atoms with van der Waals surface area (Å²) < 4.78 is 25.1. The average molecular weight is 309 g/mol. The van der Waals surface area contributed by atoms with Crippen LogP contribution in [0.2, 0.25) is 0 Å². The number of hydrogen-bond acceptors (Lipinski definition) is 3. The average Bonchev–Trinajstić information content (AvgIpc) is 2.39. The minimum atomic E-state index is -3.32. The standard InChI is InChI=1S/C16H23NO3S/c1-16(2,3)21(19,20)17(4)13-15-10-8-14(9-11-15)7-5-6-12-18/h8-11,18H,6,12-13H2,1-4H3. The van der Waals surface area contributed by atoms with Gasteiger partial charge in [0.1, 0.15) is 0 Å². The Morgan fingerprint density at radius 3 is 2.24 bits per heavy atom. The third kappa shape index (κ3) is 4.85. The van der Waals surface area contributed by atoms with Gasteiger partial charge < -0.3 is 5.11 Å². The van der Waals surface area contributed by atoms with Crippen LogP contribution in [0.5, 0.6) is 0 Å². The van der Waals surface area contributed by atoms with Crippen LogP contribution in [0, 0.1) is 11.8 Å². The molecule has 1 aromatic carbocycles. The summed E-state index contributed by atoms with van der Waals surface area (Å²) in [6.07, 6.45) is 0.453. The van der Waals surface area contributed by atoms with Crippen LogP contribution in [-0.2, 0) is 16.6 Å². The molecule has 1 rings (SSSR count). The number of sulfonamides is 1. The molecule has 1 N–H and O–H groups in total. The lowest BCUT2D eigenvalue weighted by molar-refractivity contribution is 0.305. The Labute approximate surface area is 127 Å². The van der Waals surface area contributed by atoms with Gasteiger partial charge in [0.05, 0.1) is 11.4 Å². The van der Waals surface area contributed by atoms with Gasteiger partial charge in [0.15, 0.2) is 0 Å². The molecule has 0 amide bonds. The highest BCUT2D eigenvalue weighted by Crippen LogP contribution is 2.20. The highest BCUT2D eigenvalue weighted by Gasteiger charge is 2.32. The van der Waals surface area contributed by atoms with E-state index < -0.39 is 14.8 Å². The highest BCUT2D eigenvalue weighted by molar-refractivity contribution is 7.90. The fraction of sp³-hybridized carbons (Fsp3) is 0.500. The van der Waals surface area contributed by atoms with E-state index in [-0.39, 0.29) is 6.61 Å². The van der Waals surface area contributed by atoms with Gasteiger partial charge in [-0.15, -0.1) is 0 Å². The van der Waals surface area contributed by atoms with E-state index >= 15 is 0 Å². The van der Waals surface area contributed by atoms with Gasteiger partial charge in [-0.3, -0.25) is 0 Å². The molecule has 0 aliphatic carbocycles. The van der Waals surface area contributed by atoms with Crippen LogP contribution in [0.1, 0.15) is 38.3 Å². The maximum atomic E-state index is 12.3. The topological polar surface area (TPSA) is 57.6 Å². The molecule has 0 aliphatic rings. The Morgan fingerprint density at radius 1 is 1.19 bits per heavy atom. The molecule has 0 saturated heterocycles. The minimum Gasteiger partial charge on any atom is -0.395 e. The normalized spacial score (nSPS) is 12.1. The first-order chi connectivity index (χ1) is 9.68. The number of nitrogens with zero attached hydrogens (tertiary/aromatic N) is 1. The molecule has 0 saturated carbocycles. The van der Waals surface area contributed by atoms with Gasteiger partial charge in [-0.2, -0.15) is 0 Å². The van der Waals surface area contributed by atoms with Crippen molar-refractivity contribution in [1.29, 1.82) is 0 Å². The lowest BCUT2D eigenvalue weighted by Gasteiger charge is -2.26. The van der Waals surface area contributed by atoms with E-state index in [1.807, 2.05) is 24.3 Å². The Morgan fingerprint density at radius 2 is 1.76 bits per heavy atom. The highest BCUT2D eigenvalue weighted by atomic mass is 32.2. The molecule has 21 heavy (non-hydrogen) atoms. The summed E-state index contributed by atoms with van der Waals surface area (Å²) in [7, 11) is -1.73. The Hall–Kier alpha value is -1.35. The summed E-state index contributed by atoms with van der Waals surface area (Å²) in [4.78, 5) is 0. The number of hydrogen-bond donors (Lipinski definition) is 1. The fourth-order valence-corrected chi connectivity index (χ4v) is 2.98. The number of rotatable bonds is 4. The van der Waals surface area contributed by atoms with Crippen molar-refractivity contribution in [2.24, 2.45) is 0 Å². The van der Waals surface area contributed by atoms with Crippen LogP contribution < -0.4 is 0 Å². The van der Waals surface area contributed by atoms with E-state index in [0.717, 1.165) is 11.1 Å². The van der Waals surface area contributed by atoms with Crippen LogP contribution >= 0.6 is 0 Å². The maximum Gasteiger partial charge on any atom is 0.219 e. The summed E-state index contributed by atoms with van der Waals surface area (Å²) in [6.45, 7) is 5.47. The first-order valence-electron chi connectivity index (χ1n) is 6.83. The molecule has 1 aromatic rings. The molecule has 0 radical (unpaired) electrons. The van der Waals surface area contributed by atoms with Gasteiger partial charge in [0.2, 0.25) is 10.0 Å². The second kappa shape index (κ2) is 7.08. The molecule has 5 heteroatoms. The fourth-order valence-electron chi connectivity index (χ4n) is 1.72. The van der Waals surface area contributed by atoms with Crippen LogP contribution in [0.4, 0.5) is 0 Å². The van der Waals surface area contributed by atoms with Crippen LogP contribution in [0.15, 0.2) is 24.3 Å². The molecule has 0 aromatic heterocycles. The van der Waals surface area contributed by atoms with Crippen molar-refractivity contribution >= 4 is 10.0 Å². The molecule has 0 unspecified atom stereocenters. The zero-order valence-electron chi connectivity index (χ0n) is 13.0. The van der Waals surface area contributed by atoms with E-state index in [2.05, 4.69) is 11.8 Å². The molecule has 0 heterocycles. The van der Waals surface area contributed by atoms with Crippen molar-refractivity contribution in [1.82, 2.24) is 4.31 Å². The molecule has 0 fully saturated rings. The molecule has 116 valence electrons. The molecular weight excluding hydrogens is 286 g/mol. The monoisotopic (exact) mass is 309 g/mol. The summed E-state index contributed by atoms with van der Waals surface area (Å²) in [6, 6.07) is 7.46. The predicted octanol–water partition coefficient (Wildman–Crippen LogP) is 1.98. The van der Waals surface area contributed by atoms with Crippen LogP contribution in [0.3, 0.4) is 0 Å². The van der Waals surface area contributed by atoms with Crippen LogP contribution in [0.25, 0.3) is 0 Å². The molecule has 0 atom stereocenters. The second-order valence-corrected chi connectivity index (χ2v) is 8.64. The van der Waals surface area contributed by atoms with E-state index in [9.17, 15) is 8.42 Å². The first-order valence-corrected chi connectivity index (χ1v) is 8.27. The van der Waals surface area contributed by atoms with Crippen molar-refractivity contribution in [3.63, 3.8) is 0 Å². The smallest absolute Gasteiger partial charge is 0.219 e. The van der Waals surface area contributed by atoms with Crippen molar-refractivity contribution in [3.05, 3.63) is 35.4 Å². The number of aliphatic hydroxyl groups excluding tert-OH is 1. The summed E-state index contributed by atoms with van der Waals surface area (Å²) in [5.41, 5.74) is 1.77. The van der Waals surface area contributed by atoms with Crippen molar-refractivity contribution < 1.29 is 13.5 Å². The molecular formula is C16H23NO3S.